The molecule has 188 valence electrons. The van der Waals surface area contributed by atoms with Crippen LogP contribution < -0.4 is 15.8 Å². The van der Waals surface area contributed by atoms with E-state index in [-0.39, 0.29) is 0 Å². The van der Waals surface area contributed by atoms with E-state index < -0.39 is 10.0 Å². The smallest absolute Gasteiger partial charge is 0.229 e. The molecule has 0 fully saturated rings. The van der Waals surface area contributed by atoms with E-state index in [0.717, 1.165) is 28.3 Å². The van der Waals surface area contributed by atoms with Crippen LogP contribution >= 0.6 is 11.6 Å². The molecule has 12 heteroatoms. The van der Waals surface area contributed by atoms with E-state index in [1.165, 1.54) is 6.20 Å². The molecule has 0 aliphatic heterocycles. The van der Waals surface area contributed by atoms with E-state index in [9.17, 15) is 8.42 Å². The molecule has 0 spiro atoms. The van der Waals surface area contributed by atoms with Crippen LogP contribution in [0.5, 0.6) is 0 Å². The first-order valence-electron chi connectivity index (χ1n) is 11.3. The van der Waals surface area contributed by atoms with Crippen molar-refractivity contribution >= 4 is 49.7 Å². The maximum absolute atomic E-state index is 11.5. The predicted octanol–water partition coefficient (Wildman–Crippen LogP) is 4.34. The van der Waals surface area contributed by atoms with E-state index in [0.29, 0.717) is 52.3 Å². The topological polar surface area (TPSA) is 152 Å². The standard InChI is InChI=1S/C25H23ClN8O2S/c1-37(35,36)34-19-11-18(13-28-14-19)29-8-7-21-25(27)32-23(15-5-3-2-4-6-15)24(31-21)16-9-17-12-30-33-22(17)20(26)10-16/h2-6,9-14,29,34H,7-8H2,1H3,(H2,27,32)(H,30,33). The number of anilines is 3. The quantitative estimate of drug-likeness (QED) is 0.229. The van der Waals surface area contributed by atoms with Gasteiger partial charge < -0.3 is 11.1 Å². The summed E-state index contributed by atoms with van der Waals surface area (Å²) in [5.74, 6) is 0.325. The van der Waals surface area contributed by atoms with Gasteiger partial charge in [-0.15, -0.1) is 0 Å². The van der Waals surface area contributed by atoms with Crippen LogP contribution in [0.15, 0.2) is 67.1 Å². The van der Waals surface area contributed by atoms with Crippen LogP contribution in [0.3, 0.4) is 0 Å². The van der Waals surface area contributed by atoms with Crippen molar-refractivity contribution in [3.8, 4) is 22.5 Å². The van der Waals surface area contributed by atoms with Crippen molar-refractivity contribution in [2.75, 3.05) is 28.6 Å². The van der Waals surface area contributed by atoms with E-state index in [2.05, 4.69) is 25.2 Å². The van der Waals surface area contributed by atoms with Gasteiger partial charge in [0, 0.05) is 29.5 Å². The Morgan fingerprint density at radius 2 is 1.73 bits per heavy atom. The Kier molecular flexibility index (Phi) is 6.64. The Morgan fingerprint density at radius 3 is 2.51 bits per heavy atom. The molecule has 0 saturated carbocycles. The second-order valence-electron chi connectivity index (χ2n) is 8.42. The number of aromatic nitrogens is 5. The molecule has 2 aromatic carbocycles. The van der Waals surface area contributed by atoms with E-state index in [1.54, 1.807) is 18.5 Å². The zero-order chi connectivity index (χ0) is 26.0. The van der Waals surface area contributed by atoms with Crippen LogP contribution in [0.2, 0.25) is 5.02 Å². The summed E-state index contributed by atoms with van der Waals surface area (Å²) in [7, 11) is -3.40. The summed E-state index contributed by atoms with van der Waals surface area (Å²) in [6.07, 6.45) is 6.30. The third kappa shape index (κ3) is 5.63. The van der Waals surface area contributed by atoms with Gasteiger partial charge in [-0.2, -0.15) is 5.10 Å². The van der Waals surface area contributed by atoms with Crippen LogP contribution in [0, 0.1) is 0 Å². The number of rotatable bonds is 8. The maximum atomic E-state index is 11.5. The second-order valence-corrected chi connectivity index (χ2v) is 10.6. The molecular weight excluding hydrogens is 512 g/mol. The first-order chi connectivity index (χ1) is 17.8. The van der Waals surface area contributed by atoms with E-state index in [1.807, 2.05) is 42.5 Å². The fraction of sp³-hybridized carbons (Fsp3) is 0.120. The summed E-state index contributed by atoms with van der Waals surface area (Å²) < 4.78 is 25.4. The number of halogens is 1. The van der Waals surface area contributed by atoms with Gasteiger partial charge in [-0.1, -0.05) is 41.9 Å². The number of fused-ring (bicyclic) bond motifs is 1. The van der Waals surface area contributed by atoms with Crippen molar-refractivity contribution < 1.29 is 8.42 Å². The number of benzene rings is 2. The fourth-order valence-electron chi connectivity index (χ4n) is 3.95. The minimum Gasteiger partial charge on any atom is -0.383 e. The molecule has 0 unspecified atom stereocenters. The third-order valence-electron chi connectivity index (χ3n) is 5.55. The lowest BCUT2D eigenvalue weighted by Crippen LogP contribution is -2.12. The van der Waals surface area contributed by atoms with Crippen molar-refractivity contribution in [3.63, 3.8) is 0 Å². The highest BCUT2D eigenvalue weighted by molar-refractivity contribution is 7.92. The van der Waals surface area contributed by atoms with Crippen molar-refractivity contribution in [1.82, 2.24) is 25.1 Å². The fourth-order valence-corrected chi connectivity index (χ4v) is 4.76. The molecule has 5 rings (SSSR count). The molecule has 3 heterocycles. The van der Waals surface area contributed by atoms with Gasteiger partial charge in [0.25, 0.3) is 0 Å². The molecular formula is C25H23ClN8O2S. The summed E-state index contributed by atoms with van der Waals surface area (Å²) in [6, 6.07) is 15.2. The highest BCUT2D eigenvalue weighted by Crippen LogP contribution is 2.35. The molecule has 3 aromatic heterocycles. The number of sulfonamides is 1. The summed E-state index contributed by atoms with van der Waals surface area (Å²) in [5, 5.41) is 11.6. The molecule has 5 N–H and O–H groups in total. The van der Waals surface area contributed by atoms with Gasteiger partial charge in [-0.25, -0.2) is 18.4 Å². The summed E-state index contributed by atoms with van der Waals surface area (Å²) in [4.78, 5) is 13.7. The highest BCUT2D eigenvalue weighted by atomic mass is 35.5. The van der Waals surface area contributed by atoms with Crippen molar-refractivity contribution in [2.45, 2.75) is 6.42 Å². The van der Waals surface area contributed by atoms with E-state index >= 15 is 0 Å². The number of hydrogen-bond donors (Lipinski definition) is 4. The highest BCUT2D eigenvalue weighted by Gasteiger charge is 2.17. The monoisotopic (exact) mass is 534 g/mol. The van der Waals surface area contributed by atoms with Crippen molar-refractivity contribution in [1.29, 1.82) is 0 Å². The first kappa shape index (κ1) is 24.5. The summed E-state index contributed by atoms with van der Waals surface area (Å²) in [5.41, 5.74) is 11.7. The summed E-state index contributed by atoms with van der Waals surface area (Å²) >= 11 is 6.52. The zero-order valence-electron chi connectivity index (χ0n) is 19.7. The minimum absolute atomic E-state index is 0.325. The Balaban J connectivity index is 1.46. The lowest BCUT2D eigenvalue weighted by Gasteiger charge is -2.14. The Labute approximate surface area is 218 Å². The predicted molar refractivity (Wildman–Crippen MR) is 147 cm³/mol. The number of pyridine rings is 1. The third-order valence-corrected chi connectivity index (χ3v) is 6.46. The van der Waals surface area contributed by atoms with Gasteiger partial charge in [-0.3, -0.25) is 14.8 Å². The molecule has 0 radical (unpaired) electrons. The molecule has 0 atom stereocenters. The van der Waals surface area contributed by atoms with Crippen LogP contribution in [0.1, 0.15) is 5.69 Å². The Hall–Kier alpha value is -4.22. The molecule has 0 aliphatic carbocycles. The molecule has 0 bridgehead atoms. The van der Waals surface area contributed by atoms with Crippen molar-refractivity contribution in [3.05, 3.63) is 77.8 Å². The molecule has 37 heavy (non-hydrogen) atoms. The number of aromatic amines is 1. The molecule has 10 nitrogen and oxygen atoms in total. The number of H-pyrrole nitrogens is 1. The van der Waals surface area contributed by atoms with Gasteiger partial charge in [0.1, 0.15) is 5.82 Å². The average molecular weight is 535 g/mol. The first-order valence-corrected chi connectivity index (χ1v) is 13.6. The van der Waals surface area contributed by atoms with Gasteiger partial charge in [0.2, 0.25) is 10.0 Å². The molecule has 0 saturated heterocycles. The molecule has 0 aliphatic rings. The average Bonchev–Trinajstić information content (AvgIpc) is 3.34. The molecule has 0 amide bonds. The number of nitrogens with two attached hydrogens (primary N) is 1. The van der Waals surface area contributed by atoms with E-state index in [4.69, 9.17) is 27.3 Å². The lowest BCUT2D eigenvalue weighted by atomic mass is 10.0. The number of nitrogens with one attached hydrogen (secondary N) is 3. The number of hydrogen-bond acceptors (Lipinski definition) is 8. The van der Waals surface area contributed by atoms with Crippen LogP contribution in [-0.2, 0) is 16.4 Å². The number of nitrogens with zero attached hydrogens (tertiary/aromatic N) is 4. The summed E-state index contributed by atoms with van der Waals surface area (Å²) in [6.45, 7) is 0.467. The van der Waals surface area contributed by atoms with Crippen molar-refractivity contribution in [2.24, 2.45) is 0 Å². The van der Waals surface area contributed by atoms with Gasteiger partial charge in [-0.05, 0) is 18.2 Å². The lowest BCUT2D eigenvalue weighted by molar-refractivity contribution is 0.607. The Morgan fingerprint density at radius 1 is 0.973 bits per heavy atom. The minimum atomic E-state index is -3.40. The second kappa shape index (κ2) is 10.0. The van der Waals surface area contributed by atoms with Crippen LogP contribution in [0.4, 0.5) is 17.2 Å². The van der Waals surface area contributed by atoms with Gasteiger partial charge >= 0.3 is 0 Å². The Bertz CT molecular complexity index is 1690. The zero-order valence-corrected chi connectivity index (χ0v) is 21.3. The van der Waals surface area contributed by atoms with Crippen LogP contribution in [-0.4, -0.2) is 46.4 Å². The number of nitrogen functional groups attached to an aromatic ring is 1. The molecule has 5 aromatic rings. The normalized spacial score (nSPS) is 11.5. The van der Waals surface area contributed by atoms with Crippen LogP contribution in [0.25, 0.3) is 33.4 Å². The van der Waals surface area contributed by atoms with Gasteiger partial charge in [0.05, 0.1) is 63.8 Å². The SMILES string of the molecule is CS(=O)(=O)Nc1cncc(NCCc2nc(-c3cc(Cl)c4[nH]ncc4c3)c(-c3ccccc3)nc2N)c1. The largest absolute Gasteiger partial charge is 0.383 e. The van der Waals surface area contributed by atoms with Gasteiger partial charge in [0.15, 0.2) is 0 Å². The maximum Gasteiger partial charge on any atom is 0.229 e.